The van der Waals surface area contributed by atoms with Gasteiger partial charge in [0.25, 0.3) is 0 Å². The Hall–Kier alpha value is -2.02. The summed E-state index contributed by atoms with van der Waals surface area (Å²) >= 11 is 0. The first-order chi connectivity index (χ1) is 8.54. The van der Waals surface area contributed by atoms with Crippen molar-refractivity contribution in [2.75, 3.05) is 13.7 Å². The van der Waals surface area contributed by atoms with Gasteiger partial charge < -0.3 is 9.64 Å². The predicted molar refractivity (Wildman–Crippen MR) is 69.2 cm³/mol. The highest BCUT2D eigenvalue weighted by molar-refractivity contribution is 5.95. The van der Waals surface area contributed by atoms with E-state index in [1.165, 1.54) is 7.11 Å². The third-order valence-electron chi connectivity index (χ3n) is 2.82. The minimum atomic E-state index is -0.593. The maximum absolute atomic E-state index is 11.5. The second kappa shape index (κ2) is 6.06. The van der Waals surface area contributed by atoms with Crippen molar-refractivity contribution in [3.8, 4) is 6.07 Å². The molecule has 0 saturated heterocycles. The molecule has 0 N–H and O–H groups in total. The van der Waals surface area contributed by atoms with Gasteiger partial charge in [-0.2, -0.15) is 5.26 Å². The largest absolute Gasteiger partial charge is 0.465 e. The molecule has 0 spiro atoms. The Labute approximate surface area is 108 Å². The van der Waals surface area contributed by atoms with Gasteiger partial charge in [-0.25, -0.2) is 4.79 Å². The molecule has 0 unspecified atom stereocenters. The van der Waals surface area contributed by atoms with Crippen LogP contribution in [0.15, 0.2) is 34.7 Å². The molecule has 4 heteroatoms. The molecule has 1 aliphatic heterocycles. The molecule has 0 aromatic rings. The minimum absolute atomic E-state index is 0.0485. The van der Waals surface area contributed by atoms with Crippen LogP contribution in [-0.2, 0) is 9.53 Å². The van der Waals surface area contributed by atoms with Gasteiger partial charge in [-0.3, -0.25) is 0 Å². The molecule has 0 aromatic carbocycles. The Morgan fingerprint density at radius 3 is 2.33 bits per heavy atom. The van der Waals surface area contributed by atoms with Crippen LogP contribution < -0.4 is 0 Å². The van der Waals surface area contributed by atoms with Gasteiger partial charge in [0.05, 0.1) is 7.11 Å². The fraction of sp³-hybridized carbons (Fsp3) is 0.429. The zero-order valence-electron chi connectivity index (χ0n) is 11.3. The zero-order valence-corrected chi connectivity index (χ0v) is 11.3. The molecule has 0 saturated carbocycles. The Bertz CT molecular complexity index is 457. The van der Waals surface area contributed by atoms with E-state index in [1.807, 2.05) is 32.1 Å². The summed E-state index contributed by atoms with van der Waals surface area (Å²) in [5.41, 5.74) is 2.73. The summed E-state index contributed by atoms with van der Waals surface area (Å²) in [7, 11) is 1.28. The van der Waals surface area contributed by atoms with Gasteiger partial charge in [0, 0.05) is 23.5 Å². The number of methoxy groups -OCH3 is 1. The van der Waals surface area contributed by atoms with Crippen molar-refractivity contribution in [3.63, 3.8) is 0 Å². The smallest absolute Gasteiger partial charge is 0.349 e. The lowest BCUT2D eigenvalue weighted by Crippen LogP contribution is -2.23. The van der Waals surface area contributed by atoms with E-state index in [0.29, 0.717) is 5.57 Å². The van der Waals surface area contributed by atoms with Crippen molar-refractivity contribution < 1.29 is 9.53 Å². The van der Waals surface area contributed by atoms with Crippen LogP contribution in [0.2, 0.25) is 0 Å². The standard InChI is InChI=1S/C14H18N2O2/c1-5-6-16-10(2)7-12(8-11(16)3)13(9-15)14(17)18-4/h7-8H,5-6H2,1-4H3. The van der Waals surface area contributed by atoms with Crippen LogP contribution in [-0.4, -0.2) is 24.5 Å². The van der Waals surface area contributed by atoms with Crippen LogP contribution in [0.5, 0.6) is 0 Å². The molecule has 0 bridgehead atoms. The maximum Gasteiger partial charge on any atom is 0.349 e. The highest BCUT2D eigenvalue weighted by atomic mass is 16.5. The maximum atomic E-state index is 11.5. The van der Waals surface area contributed by atoms with Gasteiger partial charge in [-0.1, -0.05) is 6.92 Å². The Morgan fingerprint density at radius 2 is 1.94 bits per heavy atom. The van der Waals surface area contributed by atoms with E-state index in [0.717, 1.165) is 24.4 Å². The van der Waals surface area contributed by atoms with E-state index in [1.54, 1.807) is 0 Å². The molecular formula is C14H18N2O2. The van der Waals surface area contributed by atoms with Crippen molar-refractivity contribution in [1.82, 2.24) is 4.90 Å². The summed E-state index contributed by atoms with van der Waals surface area (Å²) < 4.78 is 4.61. The molecule has 1 heterocycles. The summed E-state index contributed by atoms with van der Waals surface area (Å²) in [6, 6.07) is 1.91. The first kappa shape index (κ1) is 14.0. The molecule has 96 valence electrons. The fourth-order valence-electron chi connectivity index (χ4n) is 1.98. The van der Waals surface area contributed by atoms with Crippen molar-refractivity contribution in [3.05, 3.63) is 34.7 Å². The van der Waals surface area contributed by atoms with E-state index in [4.69, 9.17) is 5.26 Å². The van der Waals surface area contributed by atoms with E-state index >= 15 is 0 Å². The Kier molecular flexibility index (Phi) is 4.73. The van der Waals surface area contributed by atoms with Gasteiger partial charge in [0.1, 0.15) is 11.6 Å². The number of hydrogen-bond acceptors (Lipinski definition) is 4. The SMILES string of the molecule is CCCN1C(C)=CC(=C(C#N)C(=O)OC)C=C1C. The molecule has 0 atom stereocenters. The Morgan fingerprint density at radius 1 is 1.39 bits per heavy atom. The molecule has 1 rings (SSSR count). The number of hydrogen-bond donors (Lipinski definition) is 0. The average molecular weight is 246 g/mol. The normalized spacial score (nSPS) is 14.6. The third kappa shape index (κ3) is 2.80. The summed E-state index contributed by atoms with van der Waals surface area (Å²) in [6.07, 6.45) is 4.73. The molecule has 1 aliphatic rings. The van der Waals surface area contributed by atoms with E-state index in [9.17, 15) is 4.79 Å². The Balaban J connectivity index is 3.20. The fourth-order valence-corrected chi connectivity index (χ4v) is 1.98. The molecule has 18 heavy (non-hydrogen) atoms. The third-order valence-corrected chi connectivity index (χ3v) is 2.82. The number of carbonyl (C=O) groups is 1. The van der Waals surface area contributed by atoms with E-state index in [-0.39, 0.29) is 5.57 Å². The summed E-state index contributed by atoms with van der Waals surface area (Å²) in [5, 5.41) is 9.04. The molecule has 0 radical (unpaired) electrons. The van der Waals surface area contributed by atoms with Crippen LogP contribution in [0.1, 0.15) is 27.2 Å². The minimum Gasteiger partial charge on any atom is -0.465 e. The molecule has 0 aromatic heterocycles. The molecule has 4 nitrogen and oxygen atoms in total. The van der Waals surface area contributed by atoms with E-state index in [2.05, 4.69) is 16.6 Å². The zero-order chi connectivity index (χ0) is 13.7. The van der Waals surface area contributed by atoms with Crippen LogP contribution in [0, 0.1) is 11.3 Å². The van der Waals surface area contributed by atoms with Gasteiger partial charge >= 0.3 is 5.97 Å². The number of rotatable bonds is 3. The van der Waals surface area contributed by atoms with Gasteiger partial charge in [-0.15, -0.1) is 0 Å². The first-order valence-corrected chi connectivity index (χ1v) is 5.92. The van der Waals surface area contributed by atoms with Crippen molar-refractivity contribution >= 4 is 5.97 Å². The predicted octanol–water partition coefficient (Wildman–Crippen LogP) is 2.51. The number of allylic oxidation sites excluding steroid dienone is 5. The number of carbonyl (C=O) groups excluding carboxylic acids is 1. The molecule has 0 fully saturated rings. The number of ether oxygens (including phenoxy) is 1. The number of nitriles is 1. The van der Waals surface area contributed by atoms with Gasteiger partial charge in [-0.05, 0) is 32.4 Å². The lowest BCUT2D eigenvalue weighted by Gasteiger charge is -2.29. The van der Waals surface area contributed by atoms with E-state index < -0.39 is 5.97 Å². The van der Waals surface area contributed by atoms with Crippen molar-refractivity contribution in [1.29, 1.82) is 5.26 Å². The van der Waals surface area contributed by atoms with Gasteiger partial charge in [0.2, 0.25) is 0 Å². The highest BCUT2D eigenvalue weighted by Crippen LogP contribution is 2.24. The number of nitrogens with zero attached hydrogens (tertiary/aromatic N) is 2. The second-order valence-corrected chi connectivity index (χ2v) is 4.16. The first-order valence-electron chi connectivity index (χ1n) is 5.92. The average Bonchev–Trinajstić information content (AvgIpc) is 2.34. The lowest BCUT2D eigenvalue weighted by molar-refractivity contribution is -0.135. The summed E-state index contributed by atoms with van der Waals surface area (Å²) in [6.45, 7) is 6.98. The van der Waals surface area contributed by atoms with Crippen molar-refractivity contribution in [2.24, 2.45) is 0 Å². The molecule has 0 aliphatic carbocycles. The monoisotopic (exact) mass is 246 g/mol. The quantitative estimate of drug-likeness (QED) is 0.436. The van der Waals surface area contributed by atoms with Crippen LogP contribution >= 0.6 is 0 Å². The van der Waals surface area contributed by atoms with Crippen LogP contribution in [0.25, 0.3) is 0 Å². The highest BCUT2D eigenvalue weighted by Gasteiger charge is 2.18. The van der Waals surface area contributed by atoms with Crippen molar-refractivity contribution in [2.45, 2.75) is 27.2 Å². The topological polar surface area (TPSA) is 53.3 Å². The molecule has 0 amide bonds. The molecular weight excluding hydrogens is 228 g/mol. The lowest BCUT2D eigenvalue weighted by atomic mass is 10.0. The number of esters is 1. The second-order valence-electron chi connectivity index (χ2n) is 4.16. The van der Waals surface area contributed by atoms with Crippen LogP contribution in [0.4, 0.5) is 0 Å². The van der Waals surface area contributed by atoms with Crippen LogP contribution in [0.3, 0.4) is 0 Å². The van der Waals surface area contributed by atoms with Gasteiger partial charge in [0.15, 0.2) is 0 Å². The summed E-state index contributed by atoms with van der Waals surface area (Å²) in [5.74, 6) is -0.593. The summed E-state index contributed by atoms with van der Waals surface area (Å²) in [4.78, 5) is 13.7.